The second kappa shape index (κ2) is 7.47. The van der Waals surface area contributed by atoms with E-state index in [9.17, 15) is 4.39 Å². The molecule has 1 N–H and O–H groups in total. The maximum Gasteiger partial charge on any atom is 0.238 e. The third-order valence-electron chi connectivity index (χ3n) is 2.63. The summed E-state index contributed by atoms with van der Waals surface area (Å²) in [5.74, 6) is 1.14. The maximum absolute atomic E-state index is 13.2. The molecule has 0 amide bonds. The van der Waals surface area contributed by atoms with E-state index >= 15 is 0 Å². The minimum Gasteiger partial charge on any atom is -0.437 e. The fourth-order valence-electron chi connectivity index (χ4n) is 1.67. The number of rotatable bonds is 6. The molecule has 1 heterocycles. The Labute approximate surface area is 131 Å². The fourth-order valence-corrected chi connectivity index (χ4v) is 2.03. The van der Waals surface area contributed by atoms with Crippen molar-refractivity contribution in [2.75, 3.05) is 6.54 Å². The number of halogens is 2. The average Bonchev–Trinajstić information content (AvgIpc) is 2.43. The molecule has 2 aromatic rings. The van der Waals surface area contributed by atoms with Gasteiger partial charge in [0.15, 0.2) is 0 Å². The molecule has 21 heavy (non-hydrogen) atoms. The Morgan fingerprint density at radius 3 is 2.86 bits per heavy atom. The highest BCUT2D eigenvalue weighted by Crippen LogP contribution is 2.25. The number of nitrogens with zero attached hydrogens (tertiary/aromatic N) is 2. The van der Waals surface area contributed by atoms with Crippen LogP contribution in [-0.2, 0) is 6.54 Å². The summed E-state index contributed by atoms with van der Waals surface area (Å²) in [6.45, 7) is 5.84. The van der Waals surface area contributed by atoms with Crippen LogP contribution in [-0.4, -0.2) is 16.5 Å². The average molecular weight is 354 g/mol. The van der Waals surface area contributed by atoms with Crippen LogP contribution in [0.2, 0.25) is 0 Å². The second-order valence-electron chi connectivity index (χ2n) is 5.05. The first-order chi connectivity index (χ1) is 10.0. The van der Waals surface area contributed by atoms with E-state index in [1.54, 1.807) is 18.3 Å². The summed E-state index contributed by atoms with van der Waals surface area (Å²) in [4.78, 5) is 8.47. The number of benzene rings is 1. The third-order valence-corrected chi connectivity index (χ3v) is 3.24. The predicted octanol–water partition coefficient (Wildman–Crippen LogP) is 3.92. The van der Waals surface area contributed by atoms with Gasteiger partial charge in [-0.2, -0.15) is 0 Å². The van der Waals surface area contributed by atoms with E-state index in [2.05, 4.69) is 45.1 Å². The lowest BCUT2D eigenvalue weighted by atomic mass is 10.2. The highest BCUT2D eigenvalue weighted by molar-refractivity contribution is 9.10. The van der Waals surface area contributed by atoms with Gasteiger partial charge in [-0.15, -0.1) is 0 Å². The zero-order valence-corrected chi connectivity index (χ0v) is 13.5. The van der Waals surface area contributed by atoms with Crippen LogP contribution in [0.3, 0.4) is 0 Å². The molecule has 0 radical (unpaired) electrons. The van der Waals surface area contributed by atoms with Crippen molar-refractivity contribution in [2.24, 2.45) is 5.92 Å². The van der Waals surface area contributed by atoms with Crippen molar-refractivity contribution in [3.8, 4) is 11.6 Å². The number of hydrogen-bond donors (Lipinski definition) is 1. The summed E-state index contributed by atoms with van der Waals surface area (Å²) in [6.07, 6.45) is 3.23. The summed E-state index contributed by atoms with van der Waals surface area (Å²) < 4.78 is 19.1. The van der Waals surface area contributed by atoms with Gasteiger partial charge in [0.1, 0.15) is 11.6 Å². The highest BCUT2D eigenvalue weighted by Gasteiger charge is 2.05. The van der Waals surface area contributed by atoms with Crippen LogP contribution in [0, 0.1) is 11.7 Å². The molecule has 6 heteroatoms. The van der Waals surface area contributed by atoms with Crippen molar-refractivity contribution >= 4 is 15.9 Å². The zero-order chi connectivity index (χ0) is 15.2. The van der Waals surface area contributed by atoms with Gasteiger partial charge in [0.05, 0.1) is 16.4 Å². The molecular weight excluding hydrogens is 337 g/mol. The van der Waals surface area contributed by atoms with Gasteiger partial charge in [0.25, 0.3) is 0 Å². The molecule has 112 valence electrons. The lowest BCUT2D eigenvalue weighted by Crippen LogP contribution is -2.19. The molecular formula is C15H17BrFN3O. The molecule has 0 saturated heterocycles. The van der Waals surface area contributed by atoms with Gasteiger partial charge in [-0.05, 0) is 46.6 Å². The van der Waals surface area contributed by atoms with E-state index in [0.717, 1.165) is 12.2 Å². The molecule has 0 bridgehead atoms. The number of ether oxygens (including phenoxy) is 1. The smallest absolute Gasteiger partial charge is 0.238 e. The Hall–Kier alpha value is -1.53. The standard InChI is InChI=1S/C15H17BrFN3O/c1-10(2)6-18-7-11-8-19-9-15(20-11)21-12-3-4-14(17)13(16)5-12/h3-5,8-10,18H,6-7H2,1-2H3. The molecule has 2 rings (SSSR count). The van der Waals surface area contributed by atoms with Crippen LogP contribution in [0.4, 0.5) is 4.39 Å². The van der Waals surface area contributed by atoms with E-state index in [-0.39, 0.29) is 5.82 Å². The van der Waals surface area contributed by atoms with Gasteiger partial charge in [0, 0.05) is 12.7 Å². The first kappa shape index (κ1) is 15.9. The van der Waals surface area contributed by atoms with Gasteiger partial charge in [0.2, 0.25) is 5.88 Å². The zero-order valence-electron chi connectivity index (χ0n) is 11.9. The molecule has 1 aromatic carbocycles. The van der Waals surface area contributed by atoms with Crippen LogP contribution in [0.5, 0.6) is 11.6 Å². The van der Waals surface area contributed by atoms with Crippen molar-refractivity contribution < 1.29 is 9.13 Å². The summed E-state index contributed by atoms with van der Waals surface area (Å²) in [6, 6.07) is 4.44. The lowest BCUT2D eigenvalue weighted by molar-refractivity contribution is 0.453. The van der Waals surface area contributed by atoms with Crippen LogP contribution < -0.4 is 10.1 Å². The molecule has 0 aliphatic carbocycles. The van der Waals surface area contributed by atoms with Gasteiger partial charge >= 0.3 is 0 Å². The Morgan fingerprint density at radius 2 is 2.14 bits per heavy atom. The van der Waals surface area contributed by atoms with Crippen molar-refractivity contribution in [2.45, 2.75) is 20.4 Å². The van der Waals surface area contributed by atoms with Crippen LogP contribution >= 0.6 is 15.9 Å². The molecule has 1 aromatic heterocycles. The fraction of sp³-hybridized carbons (Fsp3) is 0.333. The summed E-state index contributed by atoms with van der Waals surface area (Å²) >= 11 is 3.12. The Kier molecular flexibility index (Phi) is 5.64. The molecule has 0 spiro atoms. The van der Waals surface area contributed by atoms with Gasteiger partial charge in [-0.25, -0.2) is 9.37 Å². The molecule has 0 saturated carbocycles. The van der Waals surface area contributed by atoms with Crippen molar-refractivity contribution in [1.29, 1.82) is 0 Å². The quantitative estimate of drug-likeness (QED) is 0.854. The van der Waals surface area contributed by atoms with E-state index in [4.69, 9.17) is 4.74 Å². The van der Waals surface area contributed by atoms with Crippen LogP contribution in [0.25, 0.3) is 0 Å². The summed E-state index contributed by atoms with van der Waals surface area (Å²) in [7, 11) is 0. The molecule has 4 nitrogen and oxygen atoms in total. The second-order valence-corrected chi connectivity index (χ2v) is 5.91. The summed E-state index contributed by atoms with van der Waals surface area (Å²) in [5.41, 5.74) is 0.800. The van der Waals surface area contributed by atoms with E-state index in [1.165, 1.54) is 12.3 Å². The molecule has 0 unspecified atom stereocenters. The van der Waals surface area contributed by atoms with Gasteiger partial charge in [-0.3, -0.25) is 4.98 Å². The largest absolute Gasteiger partial charge is 0.437 e. The SMILES string of the molecule is CC(C)CNCc1cncc(Oc2ccc(F)c(Br)c2)n1. The van der Waals surface area contributed by atoms with Gasteiger partial charge < -0.3 is 10.1 Å². The first-order valence-corrected chi connectivity index (χ1v) is 7.48. The lowest BCUT2D eigenvalue weighted by Gasteiger charge is -2.08. The molecule has 0 fully saturated rings. The third kappa shape index (κ3) is 5.06. The topological polar surface area (TPSA) is 47.0 Å². The molecule has 0 aliphatic heterocycles. The molecule has 0 atom stereocenters. The van der Waals surface area contributed by atoms with Crippen molar-refractivity contribution in [3.05, 3.63) is 46.6 Å². The normalized spacial score (nSPS) is 10.9. The number of aromatic nitrogens is 2. The van der Waals surface area contributed by atoms with Crippen LogP contribution in [0.15, 0.2) is 35.1 Å². The Balaban J connectivity index is 2.01. The predicted molar refractivity (Wildman–Crippen MR) is 82.8 cm³/mol. The van der Waals surface area contributed by atoms with Crippen molar-refractivity contribution in [1.82, 2.24) is 15.3 Å². The monoisotopic (exact) mass is 353 g/mol. The van der Waals surface area contributed by atoms with E-state index in [1.807, 2.05) is 0 Å². The number of hydrogen-bond acceptors (Lipinski definition) is 4. The van der Waals surface area contributed by atoms with E-state index < -0.39 is 0 Å². The minimum atomic E-state index is -0.333. The maximum atomic E-state index is 13.2. The first-order valence-electron chi connectivity index (χ1n) is 6.69. The van der Waals surface area contributed by atoms with E-state index in [0.29, 0.717) is 28.6 Å². The minimum absolute atomic E-state index is 0.333. The highest BCUT2D eigenvalue weighted by atomic mass is 79.9. The van der Waals surface area contributed by atoms with Crippen molar-refractivity contribution in [3.63, 3.8) is 0 Å². The Morgan fingerprint density at radius 1 is 1.33 bits per heavy atom. The molecule has 0 aliphatic rings. The van der Waals surface area contributed by atoms with Gasteiger partial charge in [-0.1, -0.05) is 13.8 Å². The Bertz CT molecular complexity index is 607. The van der Waals surface area contributed by atoms with Crippen LogP contribution in [0.1, 0.15) is 19.5 Å². The summed E-state index contributed by atoms with van der Waals surface area (Å²) in [5, 5.41) is 3.29. The number of nitrogens with one attached hydrogen (secondary N) is 1.